The Labute approximate surface area is 266 Å². The van der Waals surface area contributed by atoms with Gasteiger partial charge >= 0.3 is 0 Å². The number of aryl methyl sites for hydroxylation is 1. The van der Waals surface area contributed by atoms with E-state index in [1.807, 2.05) is 24.3 Å². The van der Waals surface area contributed by atoms with Crippen LogP contribution >= 0.6 is 0 Å². The highest BCUT2D eigenvalue weighted by molar-refractivity contribution is 6.23. The van der Waals surface area contributed by atoms with Crippen LogP contribution in [0, 0.1) is 0 Å². The number of hydrogen-bond donors (Lipinski definition) is 0. The van der Waals surface area contributed by atoms with Gasteiger partial charge in [0.05, 0.1) is 27.8 Å². The van der Waals surface area contributed by atoms with E-state index in [9.17, 15) is 0 Å². The van der Waals surface area contributed by atoms with Crippen molar-refractivity contribution in [2.24, 2.45) is 0 Å². The highest BCUT2D eigenvalue weighted by atomic mass is 15.1. The Morgan fingerprint density at radius 3 is 1.65 bits per heavy atom. The molecule has 0 fully saturated rings. The van der Waals surface area contributed by atoms with Gasteiger partial charge < -0.3 is 4.57 Å². The molecule has 3 heterocycles. The Bertz CT molecular complexity index is 2480. The van der Waals surface area contributed by atoms with Crippen LogP contribution in [-0.4, -0.2) is 19.1 Å². The van der Waals surface area contributed by atoms with Crippen molar-refractivity contribution in [3.8, 4) is 34.2 Å². The van der Waals surface area contributed by atoms with Gasteiger partial charge in [-0.05, 0) is 36.2 Å². The van der Waals surface area contributed by atoms with Crippen molar-refractivity contribution in [3.63, 3.8) is 0 Å². The van der Waals surface area contributed by atoms with Crippen LogP contribution < -0.4 is 0 Å². The second-order valence-electron chi connectivity index (χ2n) is 11.8. The lowest BCUT2D eigenvalue weighted by Gasteiger charge is -2.14. The van der Waals surface area contributed by atoms with E-state index in [1.54, 1.807) is 0 Å². The molecule has 4 heteroatoms. The molecular weight excluding hydrogens is 560 g/mol. The Morgan fingerprint density at radius 2 is 1.02 bits per heavy atom. The minimum Gasteiger partial charge on any atom is -0.307 e. The van der Waals surface area contributed by atoms with Crippen LogP contribution in [-0.2, 0) is 6.42 Å². The molecule has 9 rings (SSSR count). The highest BCUT2D eigenvalue weighted by Gasteiger charge is 2.22. The molecule has 0 saturated heterocycles. The smallest absolute Gasteiger partial charge is 0.162 e. The van der Waals surface area contributed by atoms with Crippen LogP contribution in [0.5, 0.6) is 0 Å². The van der Waals surface area contributed by atoms with Crippen LogP contribution in [0.1, 0.15) is 12.5 Å². The molecule has 9 aromatic rings. The third-order valence-corrected chi connectivity index (χ3v) is 9.11. The Morgan fingerprint density at radius 1 is 0.478 bits per heavy atom. The number of hydrogen-bond acceptors (Lipinski definition) is 2. The largest absolute Gasteiger partial charge is 0.307 e. The molecule has 218 valence electrons. The monoisotopic (exact) mass is 590 g/mol. The van der Waals surface area contributed by atoms with E-state index >= 15 is 0 Å². The summed E-state index contributed by atoms with van der Waals surface area (Å²) >= 11 is 0. The topological polar surface area (TPSA) is 35.6 Å². The summed E-state index contributed by atoms with van der Waals surface area (Å²) in [5.41, 5.74) is 9.99. The Kier molecular flexibility index (Phi) is 6.07. The van der Waals surface area contributed by atoms with Gasteiger partial charge in [-0.15, -0.1) is 0 Å². The number of fused-ring (bicyclic) bond motifs is 7. The average molecular weight is 591 g/mol. The quantitative estimate of drug-likeness (QED) is 0.200. The summed E-state index contributed by atoms with van der Waals surface area (Å²) in [7, 11) is 0. The van der Waals surface area contributed by atoms with Crippen LogP contribution in [0.4, 0.5) is 0 Å². The summed E-state index contributed by atoms with van der Waals surface area (Å²) in [6.45, 7) is 2.20. The molecule has 0 aliphatic heterocycles. The lowest BCUT2D eigenvalue weighted by atomic mass is 10.1. The van der Waals surface area contributed by atoms with E-state index < -0.39 is 0 Å². The van der Waals surface area contributed by atoms with Gasteiger partial charge in [0, 0.05) is 44.4 Å². The van der Waals surface area contributed by atoms with Crippen molar-refractivity contribution >= 4 is 43.6 Å². The van der Waals surface area contributed by atoms with Crippen molar-refractivity contribution in [1.82, 2.24) is 19.1 Å². The number of para-hydroxylation sites is 2. The minimum atomic E-state index is 0.700. The van der Waals surface area contributed by atoms with Gasteiger partial charge in [-0.1, -0.05) is 128 Å². The Balaban J connectivity index is 1.46. The number of rotatable bonds is 5. The van der Waals surface area contributed by atoms with Gasteiger partial charge in [-0.25, -0.2) is 9.97 Å². The summed E-state index contributed by atoms with van der Waals surface area (Å²) in [4.78, 5) is 10.4. The number of nitrogens with zero attached hydrogens (tertiary/aromatic N) is 4. The summed E-state index contributed by atoms with van der Waals surface area (Å²) in [5.74, 6) is 1.54. The highest BCUT2D eigenvalue weighted by Crippen LogP contribution is 2.42. The van der Waals surface area contributed by atoms with E-state index in [2.05, 4.69) is 143 Å². The molecule has 0 bridgehead atoms. The maximum absolute atomic E-state index is 5.30. The first-order chi connectivity index (χ1) is 22.8. The van der Waals surface area contributed by atoms with E-state index in [0.29, 0.717) is 5.82 Å². The lowest BCUT2D eigenvalue weighted by Crippen LogP contribution is -2.04. The molecule has 0 atom stereocenters. The predicted molar refractivity (Wildman–Crippen MR) is 191 cm³/mol. The molecule has 0 amide bonds. The number of benzene rings is 6. The molecule has 0 N–H and O–H groups in total. The maximum Gasteiger partial charge on any atom is 0.162 e. The van der Waals surface area contributed by atoms with Crippen molar-refractivity contribution < 1.29 is 0 Å². The molecule has 0 aliphatic carbocycles. The second-order valence-corrected chi connectivity index (χ2v) is 11.8. The van der Waals surface area contributed by atoms with Crippen molar-refractivity contribution in [2.75, 3.05) is 0 Å². The summed E-state index contributed by atoms with van der Waals surface area (Å²) in [6, 6.07) is 53.8. The lowest BCUT2D eigenvalue weighted by molar-refractivity contribution is 1.04. The average Bonchev–Trinajstić information content (AvgIpc) is 3.65. The molecule has 0 saturated carbocycles. The summed E-state index contributed by atoms with van der Waals surface area (Å²) in [6.07, 6.45) is 1.01. The second kappa shape index (κ2) is 10.6. The summed E-state index contributed by atoms with van der Waals surface area (Å²) in [5, 5.41) is 4.83. The standard InChI is InChI=1S/C42H30N4/c1-2-28-21-23-31(24-22-28)45-37-19-11-9-17-32(37)34-25-26-35-33-18-10-12-20-38(33)46(41(35)40(34)45)39-27-36(29-13-5-3-6-14-29)43-42(44-39)30-15-7-4-8-16-30/h3-27H,2H2,1H3. The third-order valence-electron chi connectivity index (χ3n) is 9.11. The molecule has 3 aromatic heterocycles. The van der Waals surface area contributed by atoms with Gasteiger partial charge in [0.25, 0.3) is 0 Å². The first-order valence-corrected chi connectivity index (χ1v) is 15.8. The normalized spacial score (nSPS) is 11.7. The zero-order chi connectivity index (χ0) is 30.6. The van der Waals surface area contributed by atoms with Crippen LogP contribution in [0.15, 0.2) is 152 Å². The van der Waals surface area contributed by atoms with Crippen molar-refractivity contribution in [2.45, 2.75) is 13.3 Å². The van der Waals surface area contributed by atoms with Crippen LogP contribution in [0.3, 0.4) is 0 Å². The van der Waals surface area contributed by atoms with Crippen LogP contribution in [0.25, 0.3) is 77.8 Å². The molecule has 0 aliphatic rings. The van der Waals surface area contributed by atoms with Crippen LogP contribution in [0.2, 0.25) is 0 Å². The fourth-order valence-electron chi connectivity index (χ4n) is 6.91. The molecular formula is C42H30N4. The van der Waals surface area contributed by atoms with E-state index in [4.69, 9.17) is 9.97 Å². The van der Waals surface area contributed by atoms with Crippen molar-refractivity contribution in [3.05, 3.63) is 157 Å². The summed E-state index contributed by atoms with van der Waals surface area (Å²) < 4.78 is 4.78. The van der Waals surface area contributed by atoms with Crippen molar-refractivity contribution in [1.29, 1.82) is 0 Å². The fourth-order valence-corrected chi connectivity index (χ4v) is 6.91. The minimum absolute atomic E-state index is 0.700. The molecule has 4 nitrogen and oxygen atoms in total. The zero-order valence-electron chi connectivity index (χ0n) is 25.4. The van der Waals surface area contributed by atoms with Gasteiger partial charge in [-0.2, -0.15) is 0 Å². The van der Waals surface area contributed by atoms with E-state index in [-0.39, 0.29) is 0 Å². The maximum atomic E-state index is 5.30. The van der Waals surface area contributed by atoms with Gasteiger partial charge in [0.1, 0.15) is 5.82 Å². The van der Waals surface area contributed by atoms with E-state index in [1.165, 1.54) is 38.1 Å². The first-order valence-electron chi connectivity index (χ1n) is 15.8. The molecule has 6 aromatic carbocycles. The molecule has 0 unspecified atom stereocenters. The van der Waals surface area contributed by atoms with Gasteiger partial charge in [0.2, 0.25) is 0 Å². The molecule has 0 spiro atoms. The zero-order valence-corrected chi connectivity index (χ0v) is 25.4. The first kappa shape index (κ1) is 26.4. The Hall–Kier alpha value is -6.00. The third kappa shape index (κ3) is 4.07. The predicted octanol–water partition coefficient (Wildman–Crippen LogP) is 10.6. The van der Waals surface area contributed by atoms with Gasteiger partial charge in [0.15, 0.2) is 5.82 Å². The van der Waals surface area contributed by atoms with Gasteiger partial charge in [-0.3, -0.25) is 4.57 Å². The fraction of sp³-hybridized carbons (Fsp3) is 0.0476. The molecule has 46 heavy (non-hydrogen) atoms. The van der Waals surface area contributed by atoms with E-state index in [0.717, 1.165) is 45.8 Å². The molecule has 0 radical (unpaired) electrons. The number of aromatic nitrogens is 4. The SMILES string of the molecule is CCc1ccc(-n2c3ccccc3c3ccc4c5ccccc5n(-c5cc(-c6ccccc6)nc(-c6ccccc6)n5)c4c32)cc1.